The number of hydrogen-bond acceptors (Lipinski definition) is 7. The molecule has 0 radical (unpaired) electrons. The van der Waals surface area contributed by atoms with Crippen molar-refractivity contribution >= 4 is 43.3 Å². The second-order valence-electron chi connectivity index (χ2n) is 10.2. The van der Waals surface area contributed by atoms with Gasteiger partial charge in [-0.15, -0.1) is 11.3 Å². The highest BCUT2D eigenvalue weighted by Gasteiger charge is 2.28. The average molecular weight is 604 g/mol. The van der Waals surface area contributed by atoms with Crippen LogP contribution in [-0.2, 0) is 21.4 Å². The molecule has 11 heteroatoms. The van der Waals surface area contributed by atoms with E-state index in [2.05, 4.69) is 15.6 Å². The summed E-state index contributed by atoms with van der Waals surface area (Å²) in [5, 5.41) is 16.2. The third kappa shape index (κ3) is 7.79. The Balaban J connectivity index is 1.42. The van der Waals surface area contributed by atoms with E-state index in [1.54, 1.807) is 36.5 Å². The summed E-state index contributed by atoms with van der Waals surface area (Å²) < 4.78 is 29.5. The predicted molar refractivity (Wildman–Crippen MR) is 163 cm³/mol. The minimum Gasteiger partial charge on any atom is -0.354 e. The molecular weight excluding hydrogens is 571 g/mol. The highest BCUT2D eigenvalue weighted by atomic mass is 32.2. The number of aromatic nitrogens is 1. The number of nitrogens with one attached hydrogen (secondary N) is 2. The van der Waals surface area contributed by atoms with Gasteiger partial charge in [0, 0.05) is 24.0 Å². The molecule has 0 saturated heterocycles. The molecule has 0 aliphatic heterocycles. The molecule has 2 N–H and O–H groups in total. The summed E-state index contributed by atoms with van der Waals surface area (Å²) in [6.45, 7) is 4.25. The van der Waals surface area contributed by atoms with E-state index in [4.69, 9.17) is 0 Å². The van der Waals surface area contributed by atoms with E-state index in [1.165, 1.54) is 27.8 Å². The topological polar surface area (TPSA) is 132 Å². The predicted octanol–water partition coefficient (Wildman–Crippen LogP) is 4.71. The number of amides is 2. The Hall–Kier alpha value is -4.11. The van der Waals surface area contributed by atoms with Crippen LogP contribution in [0.15, 0.2) is 83.9 Å². The first-order valence-corrected chi connectivity index (χ1v) is 15.9. The summed E-state index contributed by atoms with van der Waals surface area (Å²) >= 11 is 1.37. The lowest BCUT2D eigenvalue weighted by Gasteiger charge is -2.23. The summed E-state index contributed by atoms with van der Waals surface area (Å²) in [7, 11) is -4.03. The first-order valence-electron chi connectivity index (χ1n) is 13.7. The van der Waals surface area contributed by atoms with Crippen molar-refractivity contribution < 1.29 is 18.0 Å². The Morgan fingerprint density at radius 3 is 2.50 bits per heavy atom. The minimum absolute atomic E-state index is 0.0120. The number of fused-ring (bicyclic) bond motifs is 1. The van der Waals surface area contributed by atoms with Crippen LogP contribution in [0.2, 0.25) is 0 Å². The Morgan fingerprint density at radius 1 is 1.05 bits per heavy atom. The van der Waals surface area contributed by atoms with Crippen LogP contribution in [0.4, 0.5) is 0 Å². The molecule has 2 heterocycles. The number of nitriles is 1. The van der Waals surface area contributed by atoms with Gasteiger partial charge in [-0.3, -0.25) is 14.6 Å². The maximum absolute atomic E-state index is 13.6. The quantitative estimate of drug-likeness (QED) is 0.213. The third-order valence-corrected chi connectivity index (χ3v) is 9.57. The van der Waals surface area contributed by atoms with E-state index in [-0.39, 0.29) is 47.8 Å². The van der Waals surface area contributed by atoms with Gasteiger partial charge in [0.15, 0.2) is 0 Å². The largest absolute Gasteiger partial charge is 0.354 e. The van der Waals surface area contributed by atoms with Gasteiger partial charge in [-0.1, -0.05) is 50.2 Å². The van der Waals surface area contributed by atoms with Crippen LogP contribution in [0.5, 0.6) is 0 Å². The van der Waals surface area contributed by atoms with Gasteiger partial charge in [0.25, 0.3) is 5.91 Å². The number of thiophene rings is 1. The zero-order valence-corrected chi connectivity index (χ0v) is 25.1. The Kier molecular flexibility index (Phi) is 10.4. The maximum atomic E-state index is 13.6. The van der Waals surface area contributed by atoms with Crippen molar-refractivity contribution in [3.8, 4) is 6.07 Å². The lowest BCUT2D eigenvalue weighted by Crippen LogP contribution is -2.47. The summed E-state index contributed by atoms with van der Waals surface area (Å²) in [6, 6.07) is 22.1. The first-order chi connectivity index (χ1) is 20.2. The molecule has 4 aromatic rings. The van der Waals surface area contributed by atoms with Gasteiger partial charge in [-0.2, -0.15) is 9.57 Å². The van der Waals surface area contributed by atoms with E-state index in [0.717, 1.165) is 10.1 Å². The molecule has 0 aliphatic rings. The second-order valence-corrected chi connectivity index (χ2v) is 13.2. The number of sulfonamides is 1. The van der Waals surface area contributed by atoms with Crippen LogP contribution in [0.25, 0.3) is 10.1 Å². The molecule has 0 aliphatic carbocycles. The standard InChI is InChI=1S/C31H33N5O4S2/c1-22(2)18-26(35-31(38)28-19-23-10-3-5-13-27(23)41-28)30(37)34-16-9-17-36(21-25-12-7-8-15-33-25)42(39,40)29-14-6-4-11-24(29)20-32/h3-8,10-15,19,22,26H,9,16-18,21H2,1-2H3,(H,34,37)(H,35,38)/t26-/m0/s1. The molecule has 4 rings (SSSR count). The van der Waals surface area contributed by atoms with Crippen molar-refractivity contribution in [2.24, 2.45) is 5.92 Å². The second kappa shape index (κ2) is 14.2. The maximum Gasteiger partial charge on any atom is 0.262 e. The molecule has 2 aromatic carbocycles. The molecular formula is C31H33N5O4S2. The number of benzene rings is 2. The average Bonchev–Trinajstić information content (AvgIpc) is 3.43. The number of pyridine rings is 1. The fraction of sp³-hybridized carbons (Fsp3) is 0.290. The molecule has 0 unspecified atom stereocenters. The van der Waals surface area contributed by atoms with Gasteiger partial charge in [-0.25, -0.2) is 8.42 Å². The normalized spacial score (nSPS) is 12.3. The van der Waals surface area contributed by atoms with Crippen molar-refractivity contribution in [3.63, 3.8) is 0 Å². The van der Waals surface area contributed by atoms with E-state index in [1.807, 2.05) is 50.2 Å². The zero-order valence-electron chi connectivity index (χ0n) is 23.5. The number of rotatable bonds is 13. The summed E-state index contributed by atoms with van der Waals surface area (Å²) in [5.41, 5.74) is 0.614. The lowest BCUT2D eigenvalue weighted by molar-refractivity contribution is -0.123. The Morgan fingerprint density at radius 2 is 1.79 bits per heavy atom. The van der Waals surface area contributed by atoms with Crippen molar-refractivity contribution in [2.75, 3.05) is 13.1 Å². The van der Waals surface area contributed by atoms with Gasteiger partial charge < -0.3 is 10.6 Å². The third-order valence-electron chi connectivity index (χ3n) is 6.55. The summed E-state index contributed by atoms with van der Waals surface area (Å²) in [4.78, 5) is 30.9. The lowest BCUT2D eigenvalue weighted by atomic mass is 10.0. The van der Waals surface area contributed by atoms with Crippen molar-refractivity contribution in [1.29, 1.82) is 5.26 Å². The molecule has 42 heavy (non-hydrogen) atoms. The number of nitrogens with zero attached hydrogens (tertiary/aromatic N) is 3. The minimum atomic E-state index is -4.03. The van der Waals surface area contributed by atoms with E-state index in [9.17, 15) is 23.3 Å². The van der Waals surface area contributed by atoms with Gasteiger partial charge in [0.1, 0.15) is 12.1 Å². The van der Waals surface area contributed by atoms with Crippen LogP contribution in [0, 0.1) is 17.2 Å². The summed E-state index contributed by atoms with van der Waals surface area (Å²) in [5.74, 6) is -0.476. The number of carbonyl (C=O) groups excluding carboxylic acids is 2. The van der Waals surface area contributed by atoms with Crippen LogP contribution >= 0.6 is 11.3 Å². The van der Waals surface area contributed by atoms with Gasteiger partial charge >= 0.3 is 0 Å². The Bertz CT molecular complexity index is 1650. The van der Waals surface area contributed by atoms with Crippen molar-refractivity contribution in [2.45, 2.75) is 44.2 Å². The molecule has 0 fully saturated rings. The van der Waals surface area contributed by atoms with Crippen molar-refractivity contribution in [3.05, 3.63) is 95.1 Å². The van der Waals surface area contributed by atoms with E-state index in [0.29, 0.717) is 23.4 Å². The van der Waals surface area contributed by atoms with Crippen LogP contribution in [-0.4, -0.2) is 48.7 Å². The summed E-state index contributed by atoms with van der Waals surface area (Å²) in [6.07, 6.45) is 2.35. The first kappa shape index (κ1) is 30.8. The SMILES string of the molecule is CC(C)C[C@H](NC(=O)c1cc2ccccc2s1)C(=O)NCCCN(Cc1ccccn1)S(=O)(=O)c1ccccc1C#N. The molecule has 1 atom stereocenters. The number of hydrogen-bond donors (Lipinski definition) is 2. The van der Waals surface area contributed by atoms with Gasteiger partial charge in [-0.05, 0) is 60.5 Å². The molecule has 9 nitrogen and oxygen atoms in total. The highest BCUT2D eigenvalue weighted by molar-refractivity contribution is 7.89. The monoisotopic (exact) mass is 603 g/mol. The highest BCUT2D eigenvalue weighted by Crippen LogP contribution is 2.25. The molecule has 2 aromatic heterocycles. The van der Waals surface area contributed by atoms with Crippen molar-refractivity contribution in [1.82, 2.24) is 19.9 Å². The van der Waals surface area contributed by atoms with E-state index < -0.39 is 16.1 Å². The van der Waals surface area contributed by atoms with Gasteiger partial charge in [0.05, 0.1) is 27.6 Å². The fourth-order valence-corrected chi connectivity index (χ4v) is 7.05. The Labute approximate surface area is 250 Å². The van der Waals surface area contributed by atoms with Crippen LogP contribution in [0.3, 0.4) is 0 Å². The smallest absolute Gasteiger partial charge is 0.262 e. The number of carbonyl (C=O) groups is 2. The van der Waals surface area contributed by atoms with E-state index >= 15 is 0 Å². The molecule has 0 saturated carbocycles. The molecule has 218 valence electrons. The fourth-order valence-electron chi connectivity index (χ4n) is 4.50. The molecule has 0 spiro atoms. The zero-order chi connectivity index (χ0) is 30.1. The molecule has 0 bridgehead atoms. The molecule has 2 amide bonds. The van der Waals surface area contributed by atoms with Gasteiger partial charge in [0.2, 0.25) is 15.9 Å². The van der Waals surface area contributed by atoms with Crippen LogP contribution in [0.1, 0.15) is 47.6 Å². The van der Waals surface area contributed by atoms with Crippen LogP contribution < -0.4 is 10.6 Å².